The van der Waals surface area contributed by atoms with Gasteiger partial charge in [0.15, 0.2) is 0 Å². The molecular formula is C20H26F2N4O2S. The number of halogens is 2. The number of rotatable bonds is 6. The topological polar surface area (TPSA) is 81.3 Å². The van der Waals surface area contributed by atoms with Crippen LogP contribution in [0.3, 0.4) is 0 Å². The first kappa shape index (κ1) is 20.4. The third-order valence-electron chi connectivity index (χ3n) is 6.21. The van der Waals surface area contributed by atoms with Crippen LogP contribution in [0.5, 0.6) is 5.88 Å². The number of hydrogen-bond acceptors (Lipinski definition) is 6. The monoisotopic (exact) mass is 424 g/mol. The third kappa shape index (κ3) is 3.94. The molecule has 0 aromatic carbocycles. The van der Waals surface area contributed by atoms with Gasteiger partial charge in [0.25, 0.3) is 5.91 Å². The second-order valence-electron chi connectivity index (χ2n) is 8.32. The van der Waals surface area contributed by atoms with E-state index in [9.17, 15) is 13.6 Å². The number of aromatic nitrogens is 2. The van der Waals surface area contributed by atoms with Gasteiger partial charge in [0.1, 0.15) is 17.3 Å². The van der Waals surface area contributed by atoms with Crippen molar-refractivity contribution >= 4 is 27.5 Å². The van der Waals surface area contributed by atoms with Gasteiger partial charge in [0, 0.05) is 17.3 Å². The van der Waals surface area contributed by atoms with E-state index in [-0.39, 0.29) is 6.10 Å². The first-order valence-electron chi connectivity index (χ1n) is 10.0. The molecule has 2 heterocycles. The molecule has 4 rings (SSSR count). The van der Waals surface area contributed by atoms with E-state index in [1.54, 1.807) is 0 Å². The highest BCUT2D eigenvalue weighted by Crippen LogP contribution is 2.49. The molecule has 0 spiro atoms. The largest absolute Gasteiger partial charge is 0.474 e. The number of nitrogens with zero attached hydrogens (tertiary/aromatic N) is 3. The number of aryl methyl sites for hydroxylation is 1. The van der Waals surface area contributed by atoms with Crippen LogP contribution in [0, 0.1) is 0 Å². The molecule has 0 unspecified atom stereocenters. The number of nitrogens with two attached hydrogens (primary N) is 1. The molecule has 0 radical (unpaired) electrons. The maximum atomic E-state index is 14.0. The Morgan fingerprint density at radius 2 is 2.00 bits per heavy atom. The van der Waals surface area contributed by atoms with Crippen molar-refractivity contribution in [1.29, 1.82) is 0 Å². The van der Waals surface area contributed by atoms with Gasteiger partial charge in [-0.1, -0.05) is 0 Å². The number of carbonyl (C=O) groups excluding carboxylic acids is 1. The normalized spacial score (nSPS) is 24.8. The van der Waals surface area contributed by atoms with E-state index in [1.807, 2.05) is 0 Å². The number of ether oxygens (including phenoxy) is 1. The SMILES string of the molecule is CN(C)[C@H]1CC[C@H](Oc2ncnc3sc4c(c23)[C@@H](CC(F)(F)C(N)=O)CC4)CC1. The Hall–Kier alpha value is -1.87. The Morgan fingerprint density at radius 1 is 1.28 bits per heavy atom. The molecule has 2 aliphatic rings. The van der Waals surface area contributed by atoms with Crippen LogP contribution in [0.15, 0.2) is 6.33 Å². The summed E-state index contributed by atoms with van der Waals surface area (Å²) in [6.45, 7) is 0. The van der Waals surface area contributed by atoms with Crippen LogP contribution in [0.1, 0.15) is 54.9 Å². The van der Waals surface area contributed by atoms with Crippen molar-refractivity contribution in [3.8, 4) is 5.88 Å². The van der Waals surface area contributed by atoms with Gasteiger partial charge in [-0.15, -0.1) is 11.3 Å². The molecule has 1 fully saturated rings. The maximum absolute atomic E-state index is 14.0. The summed E-state index contributed by atoms with van der Waals surface area (Å²) in [4.78, 5) is 23.9. The molecule has 0 saturated heterocycles. The average Bonchev–Trinajstić information content (AvgIpc) is 3.22. The van der Waals surface area contributed by atoms with Gasteiger partial charge in [-0.05, 0) is 64.1 Å². The van der Waals surface area contributed by atoms with Crippen LogP contribution < -0.4 is 10.5 Å². The van der Waals surface area contributed by atoms with Crippen molar-refractivity contribution in [1.82, 2.24) is 14.9 Å². The number of carbonyl (C=O) groups is 1. The van der Waals surface area contributed by atoms with Gasteiger partial charge in [0.2, 0.25) is 5.88 Å². The summed E-state index contributed by atoms with van der Waals surface area (Å²) in [5.41, 5.74) is 5.73. The Kier molecular flexibility index (Phi) is 5.46. The fraction of sp³-hybridized carbons (Fsp3) is 0.650. The van der Waals surface area contributed by atoms with Gasteiger partial charge in [-0.25, -0.2) is 9.97 Å². The molecular weight excluding hydrogens is 398 g/mol. The Balaban J connectivity index is 1.60. The lowest BCUT2D eigenvalue weighted by Crippen LogP contribution is -2.36. The van der Waals surface area contributed by atoms with Gasteiger partial charge in [0.05, 0.1) is 5.39 Å². The summed E-state index contributed by atoms with van der Waals surface area (Å²) in [5.74, 6) is -5.06. The smallest absolute Gasteiger partial charge is 0.324 e. The quantitative estimate of drug-likeness (QED) is 0.768. The predicted octanol–water partition coefficient (Wildman–Crippen LogP) is 3.48. The molecule has 2 aromatic rings. The van der Waals surface area contributed by atoms with Crippen molar-refractivity contribution in [3.05, 3.63) is 16.8 Å². The van der Waals surface area contributed by atoms with Crippen LogP contribution >= 0.6 is 11.3 Å². The second-order valence-corrected chi connectivity index (χ2v) is 9.40. The molecule has 2 aromatic heterocycles. The van der Waals surface area contributed by atoms with Crippen LogP contribution in [0.2, 0.25) is 0 Å². The first-order chi connectivity index (χ1) is 13.8. The van der Waals surface area contributed by atoms with Crippen molar-refractivity contribution in [2.45, 2.75) is 68.9 Å². The molecule has 1 atom stereocenters. The molecule has 1 amide bonds. The number of amides is 1. The molecule has 2 N–H and O–H groups in total. The molecule has 29 heavy (non-hydrogen) atoms. The van der Waals surface area contributed by atoms with Crippen molar-refractivity contribution in [3.63, 3.8) is 0 Å². The minimum absolute atomic E-state index is 0.0618. The Bertz CT molecular complexity index is 909. The summed E-state index contributed by atoms with van der Waals surface area (Å²) in [7, 11) is 4.19. The zero-order valence-corrected chi connectivity index (χ0v) is 17.5. The molecule has 2 aliphatic carbocycles. The lowest BCUT2D eigenvalue weighted by atomic mass is 9.92. The summed E-state index contributed by atoms with van der Waals surface area (Å²) in [6, 6.07) is 0.561. The molecule has 9 heteroatoms. The van der Waals surface area contributed by atoms with Crippen LogP contribution in [-0.2, 0) is 11.2 Å². The van der Waals surface area contributed by atoms with Crippen LogP contribution in [0.25, 0.3) is 10.2 Å². The lowest BCUT2D eigenvalue weighted by Gasteiger charge is -2.32. The number of fused-ring (bicyclic) bond motifs is 3. The second kappa shape index (κ2) is 7.75. The highest BCUT2D eigenvalue weighted by atomic mass is 32.1. The number of alkyl halides is 2. The zero-order chi connectivity index (χ0) is 20.8. The first-order valence-corrected chi connectivity index (χ1v) is 10.8. The van der Waals surface area contributed by atoms with E-state index in [4.69, 9.17) is 10.5 Å². The van der Waals surface area contributed by atoms with Crippen molar-refractivity contribution < 1.29 is 18.3 Å². The van der Waals surface area contributed by atoms with Gasteiger partial charge in [-0.2, -0.15) is 8.78 Å². The predicted molar refractivity (Wildman–Crippen MR) is 108 cm³/mol. The minimum atomic E-state index is -3.53. The number of thiophene rings is 1. The fourth-order valence-corrected chi connectivity index (χ4v) is 5.81. The molecule has 0 bridgehead atoms. The Labute approximate surface area is 172 Å². The van der Waals surface area contributed by atoms with Crippen LogP contribution in [0.4, 0.5) is 8.78 Å². The highest BCUT2D eigenvalue weighted by molar-refractivity contribution is 7.19. The fourth-order valence-electron chi connectivity index (χ4n) is 4.58. The summed E-state index contributed by atoms with van der Waals surface area (Å²) in [6.07, 6.45) is 6.21. The van der Waals surface area contributed by atoms with Crippen molar-refractivity contribution in [2.24, 2.45) is 5.73 Å². The minimum Gasteiger partial charge on any atom is -0.474 e. The van der Waals surface area contributed by atoms with Gasteiger partial charge < -0.3 is 15.4 Å². The van der Waals surface area contributed by atoms with E-state index in [1.165, 1.54) is 17.7 Å². The highest BCUT2D eigenvalue weighted by Gasteiger charge is 2.43. The van der Waals surface area contributed by atoms with E-state index in [0.29, 0.717) is 24.8 Å². The number of primary amides is 1. The average molecular weight is 425 g/mol. The molecule has 0 aliphatic heterocycles. The third-order valence-corrected chi connectivity index (χ3v) is 7.38. The van der Waals surface area contributed by atoms with E-state index in [2.05, 4.69) is 29.0 Å². The van der Waals surface area contributed by atoms with Gasteiger partial charge in [-0.3, -0.25) is 4.79 Å². The molecule has 6 nitrogen and oxygen atoms in total. The van der Waals surface area contributed by atoms with Crippen molar-refractivity contribution in [2.75, 3.05) is 14.1 Å². The summed E-state index contributed by atoms with van der Waals surface area (Å²) >= 11 is 1.51. The maximum Gasteiger partial charge on any atom is 0.324 e. The standard InChI is InChI=1S/C20H26F2N4O2S/c1-26(2)12-4-6-13(7-5-12)28-17-16-15-11(9-20(21,22)19(23)27)3-8-14(15)29-18(16)25-10-24-17/h10-13H,3-9H2,1-2H3,(H2,23,27)/t11-,12-,13-/m1/s1. The molecule has 1 saturated carbocycles. The zero-order valence-electron chi connectivity index (χ0n) is 16.7. The lowest BCUT2D eigenvalue weighted by molar-refractivity contribution is -0.143. The summed E-state index contributed by atoms with van der Waals surface area (Å²) in [5, 5.41) is 0.741. The van der Waals surface area contributed by atoms with Gasteiger partial charge >= 0.3 is 5.92 Å². The summed E-state index contributed by atoms with van der Waals surface area (Å²) < 4.78 is 34.3. The van der Waals surface area contributed by atoms with E-state index >= 15 is 0 Å². The van der Waals surface area contributed by atoms with E-state index < -0.39 is 24.2 Å². The Morgan fingerprint density at radius 3 is 2.66 bits per heavy atom. The van der Waals surface area contributed by atoms with E-state index in [0.717, 1.165) is 46.3 Å². The molecule has 158 valence electrons. The number of hydrogen-bond donors (Lipinski definition) is 1. The van der Waals surface area contributed by atoms with Crippen LogP contribution in [-0.4, -0.2) is 52.9 Å².